The van der Waals surface area contributed by atoms with E-state index in [-0.39, 0.29) is 17.1 Å². The number of nitrogens with zero attached hydrogens (tertiary/aromatic N) is 1. The number of benzene rings is 1. The van der Waals surface area contributed by atoms with Gasteiger partial charge in [-0.15, -0.1) is 5.92 Å². The fraction of sp³-hybridized carbons (Fsp3) is 0.581. The number of aliphatic hydroxyl groups is 1. The van der Waals surface area contributed by atoms with E-state index >= 15 is 0 Å². The Labute approximate surface area is 205 Å². The zero-order chi connectivity index (χ0) is 24.3. The first-order chi connectivity index (χ1) is 16.2. The van der Waals surface area contributed by atoms with Gasteiger partial charge in [-0.05, 0) is 106 Å². The smallest absolute Gasteiger partial charge is 0.156 e. The molecule has 180 valence electrons. The number of hydrogen-bond acceptors (Lipinski definition) is 3. The fourth-order valence-electron chi connectivity index (χ4n) is 7.62. The molecule has 2 fully saturated rings. The van der Waals surface area contributed by atoms with Gasteiger partial charge in [0.15, 0.2) is 5.78 Å². The van der Waals surface area contributed by atoms with Gasteiger partial charge < -0.3 is 10.0 Å². The van der Waals surface area contributed by atoms with Crippen molar-refractivity contribution < 1.29 is 9.90 Å². The quantitative estimate of drug-likeness (QED) is 0.551. The summed E-state index contributed by atoms with van der Waals surface area (Å²) in [6.07, 6.45) is 8.23. The Morgan fingerprint density at radius 2 is 1.85 bits per heavy atom. The van der Waals surface area contributed by atoms with Crippen molar-refractivity contribution in [1.82, 2.24) is 0 Å². The minimum atomic E-state index is -0.919. The second-order valence-corrected chi connectivity index (χ2v) is 11.6. The predicted octanol–water partition coefficient (Wildman–Crippen LogP) is 6.19. The Bertz CT molecular complexity index is 1110. The maximum Gasteiger partial charge on any atom is 0.156 e. The molecule has 3 heteroatoms. The van der Waals surface area contributed by atoms with Crippen LogP contribution in [-0.4, -0.2) is 29.6 Å². The van der Waals surface area contributed by atoms with Crippen LogP contribution in [0.3, 0.4) is 0 Å². The van der Waals surface area contributed by atoms with Crippen LogP contribution >= 0.6 is 0 Å². The second-order valence-electron chi connectivity index (χ2n) is 11.6. The largest absolute Gasteiger partial charge is 0.377 e. The first-order valence-corrected chi connectivity index (χ1v) is 13.1. The summed E-state index contributed by atoms with van der Waals surface area (Å²) in [7, 11) is 2.14. The Morgan fingerprint density at radius 3 is 2.53 bits per heavy atom. The molecule has 5 atom stereocenters. The number of carbonyl (C=O) groups is 1. The molecule has 34 heavy (non-hydrogen) atoms. The van der Waals surface area contributed by atoms with Gasteiger partial charge in [-0.1, -0.05) is 30.6 Å². The van der Waals surface area contributed by atoms with Crippen molar-refractivity contribution in [2.24, 2.45) is 17.3 Å². The summed E-state index contributed by atoms with van der Waals surface area (Å²) in [6, 6.07) is 9.56. The van der Waals surface area contributed by atoms with Gasteiger partial charge in [0.25, 0.3) is 0 Å². The third-order valence-corrected chi connectivity index (χ3v) is 9.70. The van der Waals surface area contributed by atoms with Crippen molar-refractivity contribution in [2.75, 3.05) is 11.9 Å². The molecule has 2 saturated carbocycles. The van der Waals surface area contributed by atoms with Crippen LogP contribution in [0.4, 0.5) is 5.69 Å². The lowest BCUT2D eigenvalue weighted by atomic mass is 9.51. The molecule has 0 aromatic heterocycles. The average Bonchev–Trinajstić information content (AvgIpc) is 3.08. The topological polar surface area (TPSA) is 40.5 Å². The molecular weight excluding hydrogens is 418 g/mol. The van der Waals surface area contributed by atoms with Crippen molar-refractivity contribution >= 4 is 11.5 Å². The lowest BCUT2D eigenvalue weighted by Crippen LogP contribution is -2.51. The highest BCUT2D eigenvalue weighted by Crippen LogP contribution is 2.66. The van der Waals surface area contributed by atoms with Gasteiger partial charge >= 0.3 is 0 Å². The molecular formula is C31H39NO2. The predicted molar refractivity (Wildman–Crippen MR) is 139 cm³/mol. The van der Waals surface area contributed by atoms with E-state index < -0.39 is 5.60 Å². The molecule has 1 unspecified atom stereocenters. The first-order valence-electron chi connectivity index (χ1n) is 13.1. The molecule has 3 nitrogen and oxygen atoms in total. The SMILES string of the molecule is CC#C[C@]1(O)CCC2[C@@H]3CCC4=CC(=O)CCC4=C3[C@@H](c3ccc(N(C)C(C)C)cc3)C[C@@]21C. The van der Waals surface area contributed by atoms with Crippen LogP contribution in [-0.2, 0) is 4.79 Å². The van der Waals surface area contributed by atoms with Crippen LogP contribution in [0.2, 0.25) is 0 Å². The minimum absolute atomic E-state index is 0.228. The normalized spacial score (nSPS) is 34.6. The molecule has 0 heterocycles. The number of allylic oxidation sites excluding steroid dienone is 4. The number of ketones is 1. The van der Waals surface area contributed by atoms with E-state index in [1.54, 1.807) is 5.57 Å². The summed E-state index contributed by atoms with van der Waals surface area (Å²) in [4.78, 5) is 14.5. The maximum absolute atomic E-state index is 12.2. The van der Waals surface area contributed by atoms with Crippen molar-refractivity contribution in [3.05, 3.63) is 52.6 Å². The van der Waals surface area contributed by atoms with Gasteiger partial charge in [0.1, 0.15) is 5.60 Å². The average molecular weight is 458 g/mol. The van der Waals surface area contributed by atoms with Crippen LogP contribution in [0.25, 0.3) is 0 Å². The van der Waals surface area contributed by atoms with Gasteiger partial charge in [0, 0.05) is 36.5 Å². The van der Waals surface area contributed by atoms with Gasteiger partial charge in [-0.25, -0.2) is 0 Å². The van der Waals surface area contributed by atoms with Crippen molar-refractivity contribution in [3.63, 3.8) is 0 Å². The number of rotatable bonds is 3. The highest BCUT2D eigenvalue weighted by molar-refractivity contribution is 5.93. The van der Waals surface area contributed by atoms with Crippen LogP contribution in [0.1, 0.15) is 84.1 Å². The summed E-state index contributed by atoms with van der Waals surface area (Å²) in [5.74, 6) is 7.77. The van der Waals surface area contributed by atoms with Crippen molar-refractivity contribution in [3.8, 4) is 11.8 Å². The molecule has 4 aliphatic carbocycles. The molecule has 1 aromatic rings. The highest BCUT2D eigenvalue weighted by Gasteiger charge is 2.62. The molecule has 5 rings (SSSR count). The van der Waals surface area contributed by atoms with Gasteiger partial charge in [0.05, 0.1) is 0 Å². The Hall–Kier alpha value is -2.31. The summed E-state index contributed by atoms with van der Waals surface area (Å²) in [5.41, 5.74) is 5.74. The maximum atomic E-state index is 12.2. The van der Waals surface area contributed by atoms with E-state index in [0.29, 0.717) is 24.3 Å². The monoisotopic (exact) mass is 457 g/mol. The molecule has 0 amide bonds. The summed E-state index contributed by atoms with van der Waals surface area (Å²) in [5, 5.41) is 11.8. The summed E-state index contributed by atoms with van der Waals surface area (Å²) in [6.45, 7) is 8.58. The lowest BCUT2D eigenvalue weighted by molar-refractivity contribution is -0.114. The molecule has 0 aliphatic heterocycles. The number of hydrogen-bond donors (Lipinski definition) is 1. The molecule has 1 aromatic carbocycles. The van der Waals surface area contributed by atoms with Crippen LogP contribution < -0.4 is 4.90 Å². The van der Waals surface area contributed by atoms with Crippen LogP contribution in [0.15, 0.2) is 47.1 Å². The van der Waals surface area contributed by atoms with Crippen molar-refractivity contribution in [1.29, 1.82) is 0 Å². The zero-order valence-electron chi connectivity index (χ0n) is 21.4. The molecule has 1 N–H and O–H groups in total. The fourth-order valence-corrected chi connectivity index (χ4v) is 7.62. The van der Waals surface area contributed by atoms with Crippen molar-refractivity contribution in [2.45, 2.75) is 90.2 Å². The van der Waals surface area contributed by atoms with Gasteiger partial charge in [-0.3, -0.25) is 4.79 Å². The van der Waals surface area contributed by atoms with E-state index in [1.807, 2.05) is 13.0 Å². The lowest BCUT2D eigenvalue weighted by Gasteiger charge is -2.53. The minimum Gasteiger partial charge on any atom is -0.377 e. The van der Waals surface area contributed by atoms with E-state index in [1.165, 1.54) is 22.4 Å². The summed E-state index contributed by atoms with van der Waals surface area (Å²) < 4.78 is 0. The Morgan fingerprint density at radius 1 is 1.12 bits per heavy atom. The van der Waals surface area contributed by atoms with E-state index in [4.69, 9.17) is 0 Å². The number of fused-ring (bicyclic) bond motifs is 4. The third-order valence-electron chi connectivity index (χ3n) is 9.70. The van der Waals surface area contributed by atoms with Gasteiger partial charge in [-0.2, -0.15) is 0 Å². The molecule has 0 saturated heterocycles. The third kappa shape index (κ3) is 3.49. The standard InChI is InChI=1S/C31H39NO2/c1-6-16-31(34)17-15-28-26-13-9-22-18-24(33)12-14-25(22)29(26)27(19-30(28,31)4)21-7-10-23(11-8-21)32(5)20(2)3/h7-8,10-11,18,20,26-28,34H,9,12-15,17,19H2,1-5H3/t26-,27+,28?,30-,31-/m0/s1. The zero-order valence-corrected chi connectivity index (χ0v) is 21.4. The number of anilines is 1. The van der Waals surface area contributed by atoms with E-state index in [2.05, 4.69) is 68.8 Å². The molecule has 0 spiro atoms. The molecule has 0 radical (unpaired) electrons. The van der Waals surface area contributed by atoms with E-state index in [0.717, 1.165) is 38.5 Å². The highest BCUT2D eigenvalue weighted by atomic mass is 16.3. The number of carbonyl (C=O) groups excluding carboxylic acids is 1. The van der Waals surface area contributed by atoms with Gasteiger partial charge in [0.2, 0.25) is 0 Å². The molecule has 4 aliphatic rings. The van der Waals surface area contributed by atoms with E-state index in [9.17, 15) is 9.90 Å². The summed E-state index contributed by atoms with van der Waals surface area (Å²) >= 11 is 0. The van der Waals surface area contributed by atoms with Crippen LogP contribution in [0, 0.1) is 29.1 Å². The Balaban J connectivity index is 1.64. The Kier molecular flexibility index (Phi) is 5.80. The van der Waals surface area contributed by atoms with Crippen LogP contribution in [0.5, 0.6) is 0 Å². The second kappa shape index (κ2) is 8.42. The molecule has 0 bridgehead atoms. The first kappa shape index (κ1) is 23.4.